The van der Waals surface area contributed by atoms with Gasteiger partial charge in [0.25, 0.3) is 0 Å². The first-order valence-corrected chi connectivity index (χ1v) is 7.60. The van der Waals surface area contributed by atoms with Crippen LogP contribution in [-0.4, -0.2) is 30.8 Å². The van der Waals surface area contributed by atoms with Crippen LogP contribution in [0.5, 0.6) is 0 Å². The molecule has 0 aromatic rings. The minimum Gasteiger partial charge on any atom is -0.460 e. The van der Waals surface area contributed by atoms with Gasteiger partial charge in [0.05, 0.1) is 6.61 Å². The minimum atomic E-state index is -5.78. The lowest BCUT2D eigenvalue weighted by molar-refractivity contribution is -0.163. The van der Waals surface area contributed by atoms with E-state index in [0.29, 0.717) is 11.8 Å². The van der Waals surface area contributed by atoms with Crippen molar-refractivity contribution in [1.29, 1.82) is 0 Å². The monoisotopic (exact) mass is 298 g/mol. The van der Waals surface area contributed by atoms with Gasteiger partial charge >= 0.3 is 21.3 Å². The van der Waals surface area contributed by atoms with Gasteiger partial charge in [-0.25, -0.2) is 4.79 Å². The Hall–Kier alpha value is -0.760. The van der Waals surface area contributed by atoms with Gasteiger partial charge in [0.15, 0.2) is 0 Å². The van der Waals surface area contributed by atoms with E-state index in [1.54, 1.807) is 0 Å². The number of hydrogen-bond acceptors (Lipinski definition) is 4. The summed E-state index contributed by atoms with van der Waals surface area (Å²) in [6, 6.07) is 0. The van der Waals surface area contributed by atoms with Crippen LogP contribution >= 0.6 is 0 Å². The number of esters is 1. The van der Waals surface area contributed by atoms with Crippen molar-refractivity contribution in [3.05, 3.63) is 0 Å². The van der Waals surface area contributed by atoms with Crippen molar-refractivity contribution in [3.63, 3.8) is 0 Å². The van der Waals surface area contributed by atoms with E-state index in [1.807, 2.05) is 6.92 Å². The molecule has 0 aromatic heterocycles. The fourth-order valence-corrected chi connectivity index (χ4v) is 3.62. The second-order valence-electron chi connectivity index (χ2n) is 5.45. The number of fused-ring (bicyclic) bond motifs is 2. The number of hydrogen-bond donors (Lipinski definition) is 1. The summed E-state index contributed by atoms with van der Waals surface area (Å²) in [5.41, 5.74) is 0. The number of halogens is 2. The van der Waals surface area contributed by atoms with Crippen molar-refractivity contribution in [3.8, 4) is 0 Å². The van der Waals surface area contributed by atoms with E-state index in [4.69, 9.17) is 4.55 Å². The Morgan fingerprint density at radius 3 is 2.42 bits per heavy atom. The zero-order valence-corrected chi connectivity index (χ0v) is 11.2. The number of ether oxygens (including phenoxy) is 1. The van der Waals surface area contributed by atoms with Gasteiger partial charge in [-0.1, -0.05) is 6.92 Å². The van der Waals surface area contributed by atoms with Gasteiger partial charge in [-0.3, -0.25) is 4.55 Å². The molecule has 19 heavy (non-hydrogen) atoms. The molecule has 2 rings (SSSR count). The lowest BCUT2D eigenvalue weighted by Crippen LogP contribution is -2.40. The van der Waals surface area contributed by atoms with Crippen molar-refractivity contribution in [2.24, 2.45) is 23.7 Å². The quantitative estimate of drug-likeness (QED) is 0.631. The third-order valence-electron chi connectivity index (χ3n) is 4.51. The Morgan fingerprint density at radius 2 is 1.95 bits per heavy atom. The molecule has 4 unspecified atom stereocenters. The molecular weight excluding hydrogens is 282 g/mol. The maximum Gasteiger partial charge on any atom is 0.465 e. The summed E-state index contributed by atoms with van der Waals surface area (Å²) < 4.78 is 59.4. The average Bonchev–Trinajstić information content (AvgIpc) is 2.85. The number of alkyl halides is 2. The molecule has 0 aromatic carbocycles. The van der Waals surface area contributed by atoms with Gasteiger partial charge in [-0.2, -0.15) is 17.2 Å². The molecule has 0 heterocycles. The number of carbonyl (C=O) groups is 1. The first-order chi connectivity index (χ1) is 8.64. The Labute approximate surface area is 110 Å². The lowest BCUT2D eigenvalue weighted by atomic mass is 9.81. The highest BCUT2D eigenvalue weighted by molar-refractivity contribution is 7.87. The Kier molecular flexibility index (Phi) is 3.59. The molecule has 2 bridgehead atoms. The smallest absolute Gasteiger partial charge is 0.460 e. The molecule has 1 N–H and O–H groups in total. The van der Waals surface area contributed by atoms with E-state index in [9.17, 15) is 22.0 Å². The van der Waals surface area contributed by atoms with E-state index in [2.05, 4.69) is 4.74 Å². The number of rotatable bonds is 4. The zero-order chi connectivity index (χ0) is 14.4. The van der Waals surface area contributed by atoms with Gasteiger partial charge in [0, 0.05) is 0 Å². The largest absolute Gasteiger partial charge is 0.465 e. The summed E-state index contributed by atoms with van der Waals surface area (Å²) in [6.45, 7) is 1.77. The summed E-state index contributed by atoms with van der Waals surface area (Å²) in [6.07, 6.45) is 3.11. The first kappa shape index (κ1) is 14.6. The van der Waals surface area contributed by atoms with Crippen molar-refractivity contribution in [2.45, 2.75) is 31.4 Å². The zero-order valence-electron chi connectivity index (χ0n) is 10.4. The Balaban J connectivity index is 1.95. The molecular formula is C11H16F2O5S. The summed E-state index contributed by atoms with van der Waals surface area (Å²) in [5, 5.41) is -4.89. The summed E-state index contributed by atoms with van der Waals surface area (Å²) in [7, 11) is -5.78. The summed E-state index contributed by atoms with van der Waals surface area (Å²) in [4.78, 5) is 11.1. The summed E-state index contributed by atoms with van der Waals surface area (Å²) >= 11 is 0. The summed E-state index contributed by atoms with van der Waals surface area (Å²) in [5.74, 6) is -1.03. The van der Waals surface area contributed by atoms with Crippen LogP contribution in [0.2, 0.25) is 0 Å². The molecule has 8 heteroatoms. The predicted octanol–water partition coefficient (Wildman–Crippen LogP) is 1.69. The molecule has 2 aliphatic carbocycles. The van der Waals surface area contributed by atoms with E-state index in [-0.39, 0.29) is 18.4 Å². The van der Waals surface area contributed by atoms with Gasteiger partial charge in [0.2, 0.25) is 0 Å². The van der Waals surface area contributed by atoms with Crippen molar-refractivity contribution < 1.29 is 31.3 Å². The maximum absolute atomic E-state index is 13.0. The Bertz CT molecular complexity index is 473. The molecule has 0 radical (unpaired) electrons. The number of carbonyl (C=O) groups excluding carboxylic acids is 1. The fraction of sp³-hybridized carbons (Fsp3) is 0.909. The van der Waals surface area contributed by atoms with Crippen LogP contribution in [0.3, 0.4) is 0 Å². The molecule has 0 spiro atoms. The molecule has 2 saturated carbocycles. The van der Waals surface area contributed by atoms with Crippen molar-refractivity contribution in [2.75, 3.05) is 6.61 Å². The molecule has 4 atom stereocenters. The van der Waals surface area contributed by atoms with Crippen LogP contribution in [0.25, 0.3) is 0 Å². The molecule has 0 amide bonds. The fourth-order valence-electron chi connectivity index (χ4n) is 3.35. The Morgan fingerprint density at radius 1 is 1.37 bits per heavy atom. The van der Waals surface area contributed by atoms with Crippen LogP contribution in [0.4, 0.5) is 8.78 Å². The second kappa shape index (κ2) is 4.66. The van der Waals surface area contributed by atoms with Gasteiger partial charge in [-0.05, 0) is 42.9 Å². The maximum atomic E-state index is 13.0. The van der Waals surface area contributed by atoms with Gasteiger partial charge in [-0.15, -0.1) is 0 Å². The highest BCUT2D eigenvalue weighted by atomic mass is 32.2. The molecule has 2 fully saturated rings. The van der Waals surface area contributed by atoms with Crippen LogP contribution in [0.15, 0.2) is 0 Å². The topological polar surface area (TPSA) is 80.7 Å². The highest BCUT2D eigenvalue weighted by Crippen LogP contribution is 2.52. The molecule has 0 aliphatic heterocycles. The third-order valence-corrected chi connectivity index (χ3v) is 5.32. The third kappa shape index (κ3) is 2.47. The van der Waals surface area contributed by atoms with Crippen molar-refractivity contribution >= 4 is 16.1 Å². The van der Waals surface area contributed by atoms with Crippen LogP contribution < -0.4 is 0 Å². The van der Waals surface area contributed by atoms with Gasteiger partial charge in [0.1, 0.15) is 0 Å². The van der Waals surface area contributed by atoms with Crippen LogP contribution in [0.1, 0.15) is 26.2 Å². The van der Waals surface area contributed by atoms with Gasteiger partial charge < -0.3 is 4.74 Å². The van der Waals surface area contributed by atoms with Crippen LogP contribution in [0, 0.1) is 23.7 Å². The van der Waals surface area contributed by atoms with Crippen LogP contribution in [-0.2, 0) is 19.6 Å². The van der Waals surface area contributed by atoms with E-state index in [1.165, 1.54) is 0 Å². The predicted molar refractivity (Wildman–Crippen MR) is 60.9 cm³/mol. The van der Waals surface area contributed by atoms with E-state index >= 15 is 0 Å². The first-order valence-electron chi connectivity index (χ1n) is 6.16. The average molecular weight is 298 g/mol. The van der Waals surface area contributed by atoms with E-state index in [0.717, 1.165) is 19.3 Å². The van der Waals surface area contributed by atoms with E-state index < -0.39 is 21.3 Å². The SMILES string of the molecule is CC1C2CCC(C2)C1COC(=O)C(F)(F)S(=O)(=O)O. The second-order valence-corrected chi connectivity index (χ2v) is 6.91. The normalized spacial score (nSPS) is 34.5. The highest BCUT2D eigenvalue weighted by Gasteiger charge is 2.55. The molecule has 5 nitrogen and oxygen atoms in total. The minimum absolute atomic E-state index is 0.0000954. The molecule has 110 valence electrons. The lowest BCUT2D eigenvalue weighted by Gasteiger charge is -2.28. The standard InChI is InChI=1S/C11H16F2O5S/c1-6-7-2-3-8(4-7)9(6)5-18-10(14)11(12,13)19(15,16)17/h6-9H,2-5H2,1H3,(H,15,16,17). The van der Waals surface area contributed by atoms with Crippen molar-refractivity contribution in [1.82, 2.24) is 0 Å². The molecule has 2 aliphatic rings. The molecule has 0 saturated heterocycles.